The first-order valence-electron chi connectivity index (χ1n) is 9.64. The standard InChI is InChI=1S/C19H32N6O3Si/c1-24(2)8-7-16-13-22-19(25(16)14-28-9-10-29(4,5)6)23-18-20-11-15(12-21-18)17(26)27-3/h11-13H,7-10,14H2,1-6H3,(H,20,21,22,23). The van der Waals surface area contributed by atoms with Crippen molar-refractivity contribution in [2.75, 3.05) is 39.7 Å². The highest BCUT2D eigenvalue weighted by molar-refractivity contribution is 6.76. The molecule has 0 fully saturated rings. The summed E-state index contributed by atoms with van der Waals surface area (Å²) in [5, 5.41) is 3.11. The fourth-order valence-electron chi connectivity index (χ4n) is 2.44. The summed E-state index contributed by atoms with van der Waals surface area (Å²) in [6.45, 7) is 9.04. The zero-order chi connectivity index (χ0) is 21.4. The van der Waals surface area contributed by atoms with E-state index in [0.717, 1.165) is 31.3 Å². The van der Waals surface area contributed by atoms with Gasteiger partial charge in [0, 0.05) is 45.7 Å². The molecule has 2 heterocycles. The number of aromatic nitrogens is 4. The molecule has 0 amide bonds. The molecule has 0 aliphatic heterocycles. The largest absolute Gasteiger partial charge is 0.465 e. The zero-order valence-corrected chi connectivity index (χ0v) is 19.2. The molecule has 0 aromatic carbocycles. The van der Waals surface area contributed by atoms with Crippen molar-refractivity contribution in [3.05, 3.63) is 29.8 Å². The van der Waals surface area contributed by atoms with Gasteiger partial charge in [0.05, 0.1) is 18.9 Å². The smallest absolute Gasteiger partial charge is 0.341 e. The van der Waals surface area contributed by atoms with Crippen molar-refractivity contribution in [2.45, 2.75) is 38.8 Å². The van der Waals surface area contributed by atoms with E-state index >= 15 is 0 Å². The van der Waals surface area contributed by atoms with E-state index < -0.39 is 14.0 Å². The van der Waals surface area contributed by atoms with Crippen LogP contribution in [0.5, 0.6) is 0 Å². The SMILES string of the molecule is COC(=O)c1cnc(Nc2ncc(CCN(C)C)n2COCC[Si](C)(C)C)nc1. The van der Waals surface area contributed by atoms with Gasteiger partial charge in [0.25, 0.3) is 0 Å². The molecule has 0 saturated carbocycles. The second-order valence-electron chi connectivity index (χ2n) is 8.31. The molecule has 0 unspecified atom stereocenters. The Hall–Kier alpha value is -2.30. The van der Waals surface area contributed by atoms with Crippen LogP contribution in [-0.4, -0.2) is 72.8 Å². The van der Waals surface area contributed by atoms with Gasteiger partial charge in [0.2, 0.25) is 11.9 Å². The second kappa shape index (κ2) is 10.5. The molecule has 2 aromatic heterocycles. The summed E-state index contributed by atoms with van der Waals surface area (Å²) < 4.78 is 12.6. The minimum atomic E-state index is -1.15. The van der Waals surface area contributed by atoms with Crippen molar-refractivity contribution < 1.29 is 14.3 Å². The van der Waals surface area contributed by atoms with Crippen LogP contribution in [0, 0.1) is 0 Å². The fourth-order valence-corrected chi connectivity index (χ4v) is 3.20. The number of nitrogens with one attached hydrogen (secondary N) is 1. The number of esters is 1. The summed E-state index contributed by atoms with van der Waals surface area (Å²) in [7, 11) is 4.26. The van der Waals surface area contributed by atoms with Crippen molar-refractivity contribution in [2.24, 2.45) is 0 Å². The maximum absolute atomic E-state index is 11.5. The number of nitrogens with zero attached hydrogens (tertiary/aromatic N) is 5. The Morgan fingerprint density at radius 2 is 1.86 bits per heavy atom. The highest BCUT2D eigenvalue weighted by Gasteiger charge is 2.15. The molecule has 0 saturated heterocycles. The van der Waals surface area contributed by atoms with Gasteiger partial charge in [-0.1, -0.05) is 19.6 Å². The van der Waals surface area contributed by atoms with Crippen LogP contribution in [0.4, 0.5) is 11.9 Å². The van der Waals surface area contributed by atoms with Crippen LogP contribution in [0.25, 0.3) is 0 Å². The predicted octanol–water partition coefficient (Wildman–Crippen LogP) is 2.62. The Morgan fingerprint density at radius 1 is 1.17 bits per heavy atom. The number of carbonyl (C=O) groups excluding carboxylic acids is 1. The normalized spacial score (nSPS) is 11.7. The lowest BCUT2D eigenvalue weighted by molar-refractivity contribution is 0.0600. The van der Waals surface area contributed by atoms with Gasteiger partial charge >= 0.3 is 5.97 Å². The summed E-state index contributed by atoms with van der Waals surface area (Å²) >= 11 is 0. The van der Waals surface area contributed by atoms with Gasteiger partial charge in [-0.15, -0.1) is 0 Å². The molecule has 0 aliphatic carbocycles. The van der Waals surface area contributed by atoms with Gasteiger partial charge in [-0.25, -0.2) is 19.7 Å². The van der Waals surface area contributed by atoms with Gasteiger partial charge in [0.15, 0.2) is 0 Å². The molecule has 2 rings (SSSR count). The van der Waals surface area contributed by atoms with Gasteiger partial charge < -0.3 is 14.4 Å². The number of ether oxygens (including phenoxy) is 2. The van der Waals surface area contributed by atoms with Crippen LogP contribution in [0.1, 0.15) is 16.1 Å². The Balaban J connectivity index is 2.11. The maximum Gasteiger partial charge on any atom is 0.341 e. The monoisotopic (exact) mass is 420 g/mol. The van der Waals surface area contributed by atoms with Crippen LogP contribution in [0.15, 0.2) is 18.6 Å². The number of anilines is 2. The van der Waals surface area contributed by atoms with E-state index in [1.54, 1.807) is 0 Å². The number of carbonyl (C=O) groups is 1. The maximum atomic E-state index is 11.5. The summed E-state index contributed by atoms with van der Waals surface area (Å²) in [5.41, 5.74) is 1.36. The molecule has 9 nitrogen and oxygen atoms in total. The van der Waals surface area contributed by atoms with Crippen LogP contribution in [0.3, 0.4) is 0 Å². The average Bonchev–Trinajstić information content (AvgIpc) is 3.04. The van der Waals surface area contributed by atoms with E-state index in [1.807, 2.05) is 24.9 Å². The molecule has 0 spiro atoms. The number of rotatable bonds is 11. The lowest BCUT2D eigenvalue weighted by atomic mass is 10.3. The fraction of sp³-hybridized carbons (Fsp3) is 0.579. The Bertz CT molecular complexity index is 786. The van der Waals surface area contributed by atoms with Crippen LogP contribution < -0.4 is 5.32 Å². The topological polar surface area (TPSA) is 94.4 Å². The predicted molar refractivity (Wildman–Crippen MR) is 115 cm³/mol. The summed E-state index contributed by atoms with van der Waals surface area (Å²) in [5.74, 6) is 0.489. The number of imidazole rings is 1. The van der Waals surface area contributed by atoms with E-state index in [9.17, 15) is 4.79 Å². The van der Waals surface area contributed by atoms with Gasteiger partial charge in [0.1, 0.15) is 6.73 Å². The molecular formula is C19H32N6O3Si. The van der Waals surface area contributed by atoms with Crippen molar-refractivity contribution in [3.63, 3.8) is 0 Å². The van der Waals surface area contributed by atoms with Crippen molar-refractivity contribution >= 4 is 25.9 Å². The number of hydrogen-bond acceptors (Lipinski definition) is 8. The van der Waals surface area contributed by atoms with E-state index in [1.165, 1.54) is 19.5 Å². The molecular weight excluding hydrogens is 388 g/mol. The summed E-state index contributed by atoms with van der Waals surface area (Å²) in [6.07, 6.45) is 5.54. The number of methoxy groups -OCH3 is 1. The third-order valence-corrected chi connectivity index (χ3v) is 5.97. The minimum Gasteiger partial charge on any atom is -0.465 e. The lowest BCUT2D eigenvalue weighted by Crippen LogP contribution is -2.22. The molecule has 1 N–H and O–H groups in total. The quantitative estimate of drug-likeness (QED) is 0.337. The van der Waals surface area contributed by atoms with Crippen LogP contribution >= 0.6 is 0 Å². The highest BCUT2D eigenvalue weighted by atomic mass is 28.3. The number of hydrogen-bond donors (Lipinski definition) is 1. The molecule has 0 aliphatic rings. The number of likely N-dealkylation sites (N-methyl/N-ethyl adjacent to an activating group) is 1. The van der Waals surface area contributed by atoms with Crippen molar-refractivity contribution in [3.8, 4) is 0 Å². The van der Waals surface area contributed by atoms with Gasteiger partial charge in [-0.2, -0.15) is 0 Å². The molecule has 29 heavy (non-hydrogen) atoms. The van der Waals surface area contributed by atoms with Gasteiger partial charge in [-0.3, -0.25) is 9.88 Å². The Kier molecular flexibility index (Phi) is 8.29. The molecule has 160 valence electrons. The van der Waals surface area contributed by atoms with Crippen LogP contribution in [-0.2, 0) is 22.6 Å². The Morgan fingerprint density at radius 3 is 2.45 bits per heavy atom. The van der Waals surface area contributed by atoms with E-state index in [-0.39, 0.29) is 0 Å². The van der Waals surface area contributed by atoms with Gasteiger partial charge in [-0.05, 0) is 20.1 Å². The van der Waals surface area contributed by atoms with Crippen molar-refractivity contribution in [1.29, 1.82) is 0 Å². The first-order valence-corrected chi connectivity index (χ1v) is 13.3. The third-order valence-electron chi connectivity index (χ3n) is 4.27. The van der Waals surface area contributed by atoms with Crippen molar-refractivity contribution in [1.82, 2.24) is 24.4 Å². The van der Waals surface area contributed by atoms with E-state index in [4.69, 9.17) is 4.74 Å². The molecule has 2 aromatic rings. The van der Waals surface area contributed by atoms with E-state index in [2.05, 4.69) is 49.5 Å². The minimum absolute atomic E-state index is 0.294. The third kappa shape index (κ3) is 7.56. The average molecular weight is 421 g/mol. The lowest BCUT2D eigenvalue weighted by Gasteiger charge is -2.17. The summed E-state index contributed by atoms with van der Waals surface area (Å²) in [4.78, 5) is 26.5. The molecule has 0 radical (unpaired) electrons. The Labute approximate surface area is 173 Å². The first kappa shape index (κ1) is 23.0. The first-order chi connectivity index (χ1) is 13.7. The second-order valence-corrected chi connectivity index (χ2v) is 13.9. The molecule has 10 heteroatoms. The highest BCUT2D eigenvalue weighted by Crippen LogP contribution is 2.16. The molecule has 0 bridgehead atoms. The summed E-state index contributed by atoms with van der Waals surface area (Å²) in [6, 6.07) is 1.11. The molecule has 0 atom stereocenters. The zero-order valence-electron chi connectivity index (χ0n) is 18.2. The van der Waals surface area contributed by atoms with Crippen LogP contribution in [0.2, 0.25) is 25.7 Å². The van der Waals surface area contributed by atoms with E-state index in [0.29, 0.717) is 24.2 Å².